The van der Waals surface area contributed by atoms with E-state index in [4.69, 9.17) is 0 Å². The highest BCUT2D eigenvalue weighted by atomic mass is 19.3. The largest absolute Gasteiger partial charge is 0.368 e. The second-order valence-electron chi connectivity index (χ2n) is 6.08. The summed E-state index contributed by atoms with van der Waals surface area (Å²) in [5, 5.41) is 13.4. The molecule has 1 aromatic carbocycles. The van der Waals surface area contributed by atoms with Gasteiger partial charge in [-0.15, -0.1) is 0 Å². The predicted octanol–water partition coefficient (Wildman–Crippen LogP) is 1.24. The van der Waals surface area contributed by atoms with Crippen LogP contribution in [0.1, 0.15) is 6.42 Å². The van der Waals surface area contributed by atoms with Crippen LogP contribution in [0.25, 0.3) is 0 Å². The fraction of sp³-hybridized carbons (Fsp3) is 0.533. The number of nitro groups is 1. The number of halogens is 2. The number of nitrogens with zero attached hydrogens (tertiary/aromatic N) is 3. The molecule has 2 aliphatic rings. The highest BCUT2D eigenvalue weighted by molar-refractivity contribution is 5.82. The average Bonchev–Trinajstić information content (AvgIpc) is 2.94. The van der Waals surface area contributed by atoms with E-state index in [1.54, 1.807) is 17.0 Å². The molecule has 2 aliphatic heterocycles. The second-order valence-corrected chi connectivity index (χ2v) is 6.08. The Balaban J connectivity index is 1.59. The molecule has 2 heterocycles. The van der Waals surface area contributed by atoms with Crippen LogP contribution < -0.4 is 10.2 Å². The SMILES string of the molecule is O=C(C1CC(F)(F)CN1)N1CCN(c2cccc([N+](=O)[O-])c2)CC1. The van der Waals surface area contributed by atoms with E-state index in [-0.39, 0.29) is 11.6 Å². The molecule has 0 aliphatic carbocycles. The van der Waals surface area contributed by atoms with Gasteiger partial charge in [0.2, 0.25) is 5.91 Å². The molecule has 3 rings (SSSR count). The molecule has 9 heteroatoms. The topological polar surface area (TPSA) is 78.7 Å². The van der Waals surface area contributed by atoms with E-state index < -0.39 is 29.9 Å². The number of benzene rings is 1. The maximum absolute atomic E-state index is 13.2. The van der Waals surface area contributed by atoms with Crippen molar-refractivity contribution in [1.29, 1.82) is 0 Å². The standard InChI is InChI=1S/C15H18F2N4O3/c16-15(17)9-13(18-10-15)14(22)20-6-4-19(5-7-20)11-2-1-3-12(8-11)21(23)24/h1-3,8,13,18H,4-7,9-10H2. The van der Waals surface area contributed by atoms with Crippen molar-refractivity contribution in [3.8, 4) is 0 Å². The molecule has 0 aromatic heterocycles. The molecule has 1 unspecified atom stereocenters. The number of carbonyl (C=O) groups is 1. The van der Waals surface area contributed by atoms with Crippen molar-refractivity contribution in [2.45, 2.75) is 18.4 Å². The lowest BCUT2D eigenvalue weighted by atomic mass is 10.1. The molecule has 1 amide bonds. The summed E-state index contributed by atoms with van der Waals surface area (Å²) in [7, 11) is 0. The van der Waals surface area contributed by atoms with Crippen molar-refractivity contribution in [2.75, 3.05) is 37.6 Å². The molecule has 2 saturated heterocycles. The van der Waals surface area contributed by atoms with Crippen molar-refractivity contribution >= 4 is 17.3 Å². The van der Waals surface area contributed by atoms with Crippen LogP contribution >= 0.6 is 0 Å². The van der Waals surface area contributed by atoms with Crippen molar-refractivity contribution in [3.63, 3.8) is 0 Å². The zero-order valence-electron chi connectivity index (χ0n) is 13.0. The van der Waals surface area contributed by atoms with E-state index >= 15 is 0 Å². The minimum atomic E-state index is -2.83. The number of piperazine rings is 1. The molecule has 130 valence electrons. The summed E-state index contributed by atoms with van der Waals surface area (Å²) >= 11 is 0. The van der Waals surface area contributed by atoms with Crippen LogP contribution in [0.5, 0.6) is 0 Å². The van der Waals surface area contributed by atoms with Gasteiger partial charge in [-0.2, -0.15) is 0 Å². The Labute approximate surface area is 137 Å². The van der Waals surface area contributed by atoms with Gasteiger partial charge in [-0.1, -0.05) is 6.07 Å². The number of hydrogen-bond acceptors (Lipinski definition) is 5. The van der Waals surface area contributed by atoms with E-state index in [9.17, 15) is 23.7 Å². The molecule has 1 aromatic rings. The lowest BCUT2D eigenvalue weighted by molar-refractivity contribution is -0.384. The number of rotatable bonds is 3. The third-order valence-corrected chi connectivity index (χ3v) is 4.41. The summed E-state index contributed by atoms with van der Waals surface area (Å²) in [6.07, 6.45) is -0.461. The third-order valence-electron chi connectivity index (χ3n) is 4.41. The Kier molecular flexibility index (Phi) is 4.35. The average molecular weight is 340 g/mol. The van der Waals surface area contributed by atoms with Gasteiger partial charge in [-0.3, -0.25) is 20.2 Å². The first-order valence-corrected chi connectivity index (χ1v) is 7.75. The number of hydrogen-bond donors (Lipinski definition) is 1. The lowest BCUT2D eigenvalue weighted by Crippen LogP contribution is -2.53. The minimum Gasteiger partial charge on any atom is -0.368 e. The van der Waals surface area contributed by atoms with E-state index in [1.165, 1.54) is 12.1 Å². The summed E-state index contributed by atoms with van der Waals surface area (Å²) in [5.41, 5.74) is 0.741. The zero-order chi connectivity index (χ0) is 17.3. The predicted molar refractivity (Wildman–Crippen MR) is 83.2 cm³/mol. The van der Waals surface area contributed by atoms with Crippen LogP contribution in [0.2, 0.25) is 0 Å². The van der Waals surface area contributed by atoms with Crippen molar-refractivity contribution in [3.05, 3.63) is 34.4 Å². The molecular formula is C15H18F2N4O3. The fourth-order valence-electron chi connectivity index (χ4n) is 3.10. The Morgan fingerprint density at radius 2 is 2.00 bits per heavy atom. The normalized spacial score (nSPS) is 23.3. The van der Waals surface area contributed by atoms with E-state index in [2.05, 4.69) is 5.32 Å². The summed E-state index contributed by atoms with van der Waals surface area (Å²) in [6.45, 7) is 1.37. The third kappa shape index (κ3) is 3.45. The van der Waals surface area contributed by atoms with Gasteiger partial charge in [-0.25, -0.2) is 8.78 Å². The Bertz CT molecular complexity index is 647. The van der Waals surface area contributed by atoms with Crippen molar-refractivity contribution in [2.24, 2.45) is 0 Å². The summed E-state index contributed by atoms with van der Waals surface area (Å²) in [6, 6.07) is 5.49. The lowest BCUT2D eigenvalue weighted by Gasteiger charge is -2.37. The molecule has 1 N–H and O–H groups in total. The van der Waals surface area contributed by atoms with Gasteiger partial charge in [0, 0.05) is 50.4 Å². The summed E-state index contributed by atoms with van der Waals surface area (Å²) < 4.78 is 26.4. The van der Waals surface area contributed by atoms with Gasteiger partial charge in [0.15, 0.2) is 0 Å². The highest BCUT2D eigenvalue weighted by Crippen LogP contribution is 2.27. The molecule has 7 nitrogen and oxygen atoms in total. The highest BCUT2D eigenvalue weighted by Gasteiger charge is 2.43. The van der Waals surface area contributed by atoms with E-state index in [1.807, 2.05) is 4.90 Å². The first-order valence-electron chi connectivity index (χ1n) is 7.75. The van der Waals surface area contributed by atoms with E-state index in [0.717, 1.165) is 5.69 Å². The van der Waals surface area contributed by atoms with Crippen LogP contribution in [-0.4, -0.2) is 60.4 Å². The number of nitro benzene ring substituents is 1. The van der Waals surface area contributed by atoms with Gasteiger partial charge < -0.3 is 9.80 Å². The van der Waals surface area contributed by atoms with Crippen LogP contribution in [-0.2, 0) is 4.79 Å². The number of nitrogens with one attached hydrogen (secondary N) is 1. The van der Waals surface area contributed by atoms with Gasteiger partial charge >= 0.3 is 0 Å². The number of alkyl halides is 2. The molecule has 24 heavy (non-hydrogen) atoms. The molecule has 0 bridgehead atoms. The van der Waals surface area contributed by atoms with Gasteiger partial charge in [0.1, 0.15) is 0 Å². The summed E-state index contributed by atoms with van der Waals surface area (Å²) in [5.74, 6) is -3.13. The Morgan fingerprint density at radius 3 is 2.58 bits per heavy atom. The minimum absolute atomic E-state index is 0.0170. The zero-order valence-corrected chi connectivity index (χ0v) is 13.0. The van der Waals surface area contributed by atoms with Gasteiger partial charge in [0.25, 0.3) is 11.6 Å². The molecular weight excluding hydrogens is 322 g/mol. The molecule has 0 saturated carbocycles. The maximum atomic E-state index is 13.2. The van der Waals surface area contributed by atoms with Crippen molar-refractivity contribution < 1.29 is 18.5 Å². The monoisotopic (exact) mass is 340 g/mol. The number of non-ortho nitro benzene ring substituents is 1. The van der Waals surface area contributed by atoms with Gasteiger partial charge in [-0.05, 0) is 6.07 Å². The van der Waals surface area contributed by atoms with Crippen LogP contribution in [0.3, 0.4) is 0 Å². The molecule has 0 radical (unpaired) electrons. The van der Waals surface area contributed by atoms with Gasteiger partial charge in [0.05, 0.1) is 17.5 Å². The second kappa shape index (κ2) is 6.31. The first kappa shape index (κ1) is 16.6. The van der Waals surface area contributed by atoms with Crippen LogP contribution in [0, 0.1) is 10.1 Å². The summed E-state index contributed by atoms with van der Waals surface area (Å²) in [4.78, 5) is 26.2. The smallest absolute Gasteiger partial charge is 0.271 e. The van der Waals surface area contributed by atoms with Crippen LogP contribution in [0.15, 0.2) is 24.3 Å². The van der Waals surface area contributed by atoms with Crippen molar-refractivity contribution in [1.82, 2.24) is 10.2 Å². The maximum Gasteiger partial charge on any atom is 0.271 e. The molecule has 1 atom stereocenters. The number of carbonyl (C=O) groups excluding carboxylic acids is 1. The quantitative estimate of drug-likeness (QED) is 0.662. The van der Waals surface area contributed by atoms with Crippen LogP contribution in [0.4, 0.5) is 20.2 Å². The Morgan fingerprint density at radius 1 is 1.29 bits per heavy atom. The fourth-order valence-corrected chi connectivity index (χ4v) is 3.10. The molecule has 2 fully saturated rings. The molecule has 0 spiro atoms. The first-order chi connectivity index (χ1) is 11.4. The number of anilines is 1. The Hall–Kier alpha value is -2.29. The number of amides is 1. The van der Waals surface area contributed by atoms with E-state index in [0.29, 0.717) is 26.2 Å².